The summed E-state index contributed by atoms with van der Waals surface area (Å²) in [6.45, 7) is 7.76. The molecule has 2 heterocycles. The lowest BCUT2D eigenvalue weighted by molar-refractivity contribution is -0.143. The molecule has 0 aliphatic carbocycles. The second kappa shape index (κ2) is 8.17. The van der Waals surface area contributed by atoms with Crippen molar-refractivity contribution >= 4 is 5.97 Å². The zero-order valence-corrected chi connectivity index (χ0v) is 13.3. The Kier molecular flexibility index (Phi) is 6.23. The Hall–Kier alpha value is -1.36. The van der Waals surface area contributed by atoms with Crippen molar-refractivity contribution in [3.05, 3.63) is 18.0 Å². The number of esters is 1. The molecule has 0 amide bonds. The number of rotatable bonds is 7. The van der Waals surface area contributed by atoms with Gasteiger partial charge in [-0.05, 0) is 51.6 Å². The number of hydrogen-bond acceptors (Lipinski definition) is 4. The van der Waals surface area contributed by atoms with Gasteiger partial charge in [-0.25, -0.2) is 0 Å². The average Bonchev–Trinajstić information content (AvgIpc) is 2.91. The zero-order chi connectivity index (χ0) is 15.1. The molecule has 5 heteroatoms. The van der Waals surface area contributed by atoms with Crippen molar-refractivity contribution in [3.63, 3.8) is 0 Å². The number of ether oxygens (including phenoxy) is 1. The molecule has 1 aromatic heterocycles. The summed E-state index contributed by atoms with van der Waals surface area (Å²) in [6, 6.07) is 0.550. The van der Waals surface area contributed by atoms with Gasteiger partial charge in [0.1, 0.15) is 0 Å². The van der Waals surface area contributed by atoms with Crippen LogP contribution in [0.5, 0.6) is 0 Å². The van der Waals surface area contributed by atoms with E-state index < -0.39 is 0 Å². The summed E-state index contributed by atoms with van der Waals surface area (Å²) in [5.74, 6) is -0.0646. The molecule has 1 aliphatic rings. The lowest BCUT2D eigenvalue weighted by Gasteiger charge is -2.32. The van der Waals surface area contributed by atoms with Crippen LogP contribution in [0.1, 0.15) is 50.6 Å². The quantitative estimate of drug-likeness (QED) is 0.572. The molecule has 21 heavy (non-hydrogen) atoms. The van der Waals surface area contributed by atoms with Crippen molar-refractivity contribution in [2.45, 2.75) is 52.0 Å². The molecule has 1 fully saturated rings. The Morgan fingerprint density at radius 2 is 2.14 bits per heavy atom. The molecular formula is C16H27N3O2. The van der Waals surface area contributed by atoms with Gasteiger partial charge in [-0.2, -0.15) is 5.10 Å². The highest BCUT2D eigenvalue weighted by molar-refractivity contribution is 5.69. The van der Waals surface area contributed by atoms with Gasteiger partial charge in [0.15, 0.2) is 0 Å². The summed E-state index contributed by atoms with van der Waals surface area (Å²) in [4.78, 5) is 13.7. The van der Waals surface area contributed by atoms with E-state index >= 15 is 0 Å². The highest BCUT2D eigenvalue weighted by atomic mass is 16.5. The molecule has 118 valence electrons. The van der Waals surface area contributed by atoms with Crippen LogP contribution in [0.4, 0.5) is 0 Å². The van der Waals surface area contributed by atoms with Gasteiger partial charge < -0.3 is 9.64 Å². The molecule has 1 aliphatic heterocycles. The third kappa shape index (κ3) is 5.16. The van der Waals surface area contributed by atoms with Crippen LogP contribution in [0, 0.1) is 6.92 Å². The maximum Gasteiger partial charge on any atom is 0.305 e. The molecule has 2 rings (SSSR count). The molecular weight excluding hydrogens is 266 g/mol. The van der Waals surface area contributed by atoms with Crippen LogP contribution < -0.4 is 0 Å². The number of nitrogens with zero attached hydrogens (tertiary/aromatic N) is 3. The first-order valence-electron chi connectivity index (χ1n) is 8.07. The Morgan fingerprint density at radius 3 is 2.76 bits per heavy atom. The van der Waals surface area contributed by atoms with Gasteiger partial charge in [0.2, 0.25) is 0 Å². The summed E-state index contributed by atoms with van der Waals surface area (Å²) in [6.07, 6.45) is 8.96. The number of hydrogen-bond donors (Lipinski definition) is 0. The van der Waals surface area contributed by atoms with Crippen molar-refractivity contribution < 1.29 is 9.53 Å². The highest BCUT2D eigenvalue weighted by Crippen LogP contribution is 2.22. The smallest absolute Gasteiger partial charge is 0.305 e. The maximum absolute atomic E-state index is 11.3. The van der Waals surface area contributed by atoms with E-state index in [0.717, 1.165) is 32.5 Å². The van der Waals surface area contributed by atoms with Crippen LogP contribution in [-0.2, 0) is 9.53 Å². The fourth-order valence-corrected chi connectivity index (χ4v) is 2.88. The number of piperidine rings is 1. The Bertz CT molecular complexity index is 436. The van der Waals surface area contributed by atoms with Crippen LogP contribution in [0.3, 0.4) is 0 Å². The van der Waals surface area contributed by atoms with Crippen LogP contribution in [-0.4, -0.2) is 46.9 Å². The van der Waals surface area contributed by atoms with E-state index in [9.17, 15) is 4.79 Å². The topological polar surface area (TPSA) is 47.4 Å². The first-order valence-corrected chi connectivity index (χ1v) is 8.07. The number of carbonyl (C=O) groups is 1. The van der Waals surface area contributed by atoms with E-state index in [4.69, 9.17) is 4.74 Å². The van der Waals surface area contributed by atoms with Gasteiger partial charge in [0.25, 0.3) is 0 Å². The van der Waals surface area contributed by atoms with Crippen molar-refractivity contribution in [1.82, 2.24) is 14.7 Å². The molecule has 0 atom stereocenters. The first kappa shape index (κ1) is 16.0. The Balaban J connectivity index is 1.60. The second-order valence-corrected chi connectivity index (χ2v) is 5.83. The van der Waals surface area contributed by atoms with E-state index in [1.165, 1.54) is 18.4 Å². The molecule has 5 nitrogen and oxygen atoms in total. The summed E-state index contributed by atoms with van der Waals surface area (Å²) >= 11 is 0. The first-order chi connectivity index (χ1) is 10.2. The second-order valence-electron chi connectivity index (χ2n) is 5.83. The Labute approximate surface area is 127 Å². The minimum atomic E-state index is -0.0646. The third-order valence-electron chi connectivity index (χ3n) is 4.07. The van der Waals surface area contributed by atoms with Crippen LogP contribution in [0.15, 0.2) is 12.4 Å². The van der Waals surface area contributed by atoms with E-state index in [1.54, 1.807) is 0 Å². The highest BCUT2D eigenvalue weighted by Gasteiger charge is 2.20. The molecule has 0 N–H and O–H groups in total. The van der Waals surface area contributed by atoms with E-state index in [-0.39, 0.29) is 5.97 Å². The maximum atomic E-state index is 11.3. The minimum absolute atomic E-state index is 0.0646. The van der Waals surface area contributed by atoms with E-state index in [1.807, 2.05) is 13.1 Å². The fourth-order valence-electron chi connectivity index (χ4n) is 2.88. The molecule has 0 bridgehead atoms. The molecule has 0 radical (unpaired) electrons. The third-order valence-corrected chi connectivity index (χ3v) is 4.07. The Morgan fingerprint density at radius 1 is 1.38 bits per heavy atom. The molecule has 0 unspecified atom stereocenters. The largest absolute Gasteiger partial charge is 0.466 e. The van der Waals surface area contributed by atoms with Gasteiger partial charge in [-0.15, -0.1) is 0 Å². The molecule has 1 aromatic rings. The number of carbonyl (C=O) groups excluding carboxylic acids is 1. The van der Waals surface area contributed by atoms with Crippen molar-refractivity contribution in [2.24, 2.45) is 0 Å². The minimum Gasteiger partial charge on any atom is -0.466 e. The lowest BCUT2D eigenvalue weighted by Crippen LogP contribution is -2.35. The summed E-state index contributed by atoms with van der Waals surface area (Å²) in [5.41, 5.74) is 1.23. The average molecular weight is 293 g/mol. The lowest BCUT2D eigenvalue weighted by atomic mass is 10.0. The van der Waals surface area contributed by atoms with Gasteiger partial charge in [-0.1, -0.05) is 0 Å². The van der Waals surface area contributed by atoms with Crippen molar-refractivity contribution in [2.75, 3.05) is 26.2 Å². The standard InChI is InChI=1S/C16H27N3O2/c1-3-21-16(20)6-4-5-9-18-10-7-15(8-11-18)19-13-14(2)12-17-19/h12-13,15H,3-11H2,1-2H3. The van der Waals surface area contributed by atoms with Crippen molar-refractivity contribution in [3.8, 4) is 0 Å². The van der Waals surface area contributed by atoms with E-state index in [0.29, 0.717) is 19.1 Å². The SMILES string of the molecule is CCOC(=O)CCCCN1CCC(n2cc(C)cn2)CC1. The summed E-state index contributed by atoms with van der Waals surface area (Å²) in [7, 11) is 0. The predicted octanol–water partition coefficient (Wildman–Crippen LogP) is 2.56. The monoisotopic (exact) mass is 293 g/mol. The number of aryl methyl sites for hydroxylation is 1. The van der Waals surface area contributed by atoms with E-state index in [2.05, 4.69) is 27.8 Å². The normalized spacial score (nSPS) is 17.0. The zero-order valence-electron chi connectivity index (χ0n) is 13.3. The van der Waals surface area contributed by atoms with Gasteiger partial charge in [0.05, 0.1) is 18.8 Å². The fraction of sp³-hybridized carbons (Fsp3) is 0.750. The summed E-state index contributed by atoms with van der Waals surface area (Å²) < 4.78 is 7.06. The van der Waals surface area contributed by atoms with Crippen LogP contribution >= 0.6 is 0 Å². The van der Waals surface area contributed by atoms with Crippen molar-refractivity contribution in [1.29, 1.82) is 0 Å². The van der Waals surface area contributed by atoms with Crippen LogP contribution in [0.25, 0.3) is 0 Å². The number of unbranched alkanes of at least 4 members (excludes halogenated alkanes) is 1. The summed E-state index contributed by atoms with van der Waals surface area (Å²) in [5, 5.41) is 4.42. The number of likely N-dealkylation sites (tertiary alicyclic amines) is 1. The van der Waals surface area contributed by atoms with Crippen LogP contribution in [0.2, 0.25) is 0 Å². The molecule has 1 saturated heterocycles. The molecule has 0 saturated carbocycles. The molecule has 0 aromatic carbocycles. The predicted molar refractivity (Wildman–Crippen MR) is 82.2 cm³/mol. The number of aromatic nitrogens is 2. The van der Waals surface area contributed by atoms with Gasteiger partial charge in [-0.3, -0.25) is 9.48 Å². The van der Waals surface area contributed by atoms with Gasteiger partial charge in [0, 0.05) is 25.7 Å². The van der Waals surface area contributed by atoms with Gasteiger partial charge >= 0.3 is 5.97 Å². The molecule has 0 spiro atoms.